The highest BCUT2D eigenvalue weighted by Gasteiger charge is 1.99. The van der Waals surface area contributed by atoms with Gasteiger partial charge in [-0.25, -0.2) is 0 Å². The molecule has 0 aromatic heterocycles. The highest BCUT2D eigenvalue weighted by molar-refractivity contribution is 5.69. The molecule has 0 amide bonds. The molecule has 0 aliphatic carbocycles. The first-order valence-electron chi connectivity index (χ1n) is 4.46. The van der Waals surface area contributed by atoms with E-state index in [4.69, 9.17) is 14.6 Å². The van der Waals surface area contributed by atoms with Crippen molar-refractivity contribution in [3.63, 3.8) is 0 Å². The number of carbonyl (C=O) groups excluding carboxylic acids is 1. The molecular weight excluding hydrogens is 186 g/mol. The first-order chi connectivity index (χ1) is 6.58. The number of ether oxygens (including phenoxy) is 1. The van der Waals surface area contributed by atoms with E-state index in [-0.39, 0.29) is 12.4 Å². The average Bonchev–Trinajstić information content (AvgIpc) is 2.05. The fourth-order valence-electron chi connectivity index (χ4n) is 0.618. The second-order valence-electron chi connectivity index (χ2n) is 2.88. The predicted molar refractivity (Wildman–Crippen MR) is 53.1 cm³/mol. The summed E-state index contributed by atoms with van der Waals surface area (Å²) in [4.78, 5) is 21.1. The zero-order chi connectivity index (χ0) is 11.4. The third kappa shape index (κ3) is 17.1. The van der Waals surface area contributed by atoms with E-state index in [0.717, 1.165) is 13.0 Å². The molecule has 0 aromatic carbocycles. The van der Waals surface area contributed by atoms with Crippen LogP contribution >= 0.6 is 0 Å². The monoisotopic (exact) mass is 205 g/mol. The summed E-state index contributed by atoms with van der Waals surface area (Å²) >= 11 is 0. The number of likely N-dealkylation sites (N-methyl/N-ethyl adjacent to an activating group) is 1. The largest absolute Gasteiger partial charge is 0.483 e. The summed E-state index contributed by atoms with van der Waals surface area (Å²) in [5.74, 6) is -0.0886. The lowest BCUT2D eigenvalue weighted by Crippen LogP contribution is -2.19. The molecule has 0 radical (unpaired) electrons. The minimum absolute atomic E-state index is 0.0886. The second-order valence-corrected chi connectivity index (χ2v) is 2.88. The van der Waals surface area contributed by atoms with E-state index in [9.17, 15) is 4.79 Å². The zero-order valence-corrected chi connectivity index (χ0v) is 9.02. The highest BCUT2D eigenvalue weighted by Crippen LogP contribution is 1.90. The van der Waals surface area contributed by atoms with Gasteiger partial charge in [-0.2, -0.15) is 0 Å². The molecule has 0 aromatic rings. The summed E-state index contributed by atoms with van der Waals surface area (Å²) in [6.45, 7) is 3.02. The Balaban J connectivity index is 0. The molecule has 0 aliphatic rings. The minimum Gasteiger partial charge on any atom is -0.483 e. The molecule has 0 heterocycles. The zero-order valence-electron chi connectivity index (χ0n) is 9.02. The maximum atomic E-state index is 10.8. The van der Waals surface area contributed by atoms with Crippen LogP contribution in [0.4, 0.5) is 0 Å². The van der Waals surface area contributed by atoms with E-state index in [0.29, 0.717) is 13.0 Å². The molecular formula is C9H19NO4. The van der Waals surface area contributed by atoms with Crippen molar-refractivity contribution < 1.29 is 19.4 Å². The lowest BCUT2D eigenvalue weighted by Gasteiger charge is -2.09. The van der Waals surface area contributed by atoms with Gasteiger partial charge in [-0.1, -0.05) is 6.92 Å². The van der Waals surface area contributed by atoms with Gasteiger partial charge in [0, 0.05) is 13.0 Å². The van der Waals surface area contributed by atoms with Gasteiger partial charge in [0.05, 0.1) is 0 Å². The van der Waals surface area contributed by atoms with E-state index >= 15 is 0 Å². The van der Waals surface area contributed by atoms with Crippen molar-refractivity contribution in [1.82, 2.24) is 4.90 Å². The Kier molecular flexibility index (Phi) is 13.1. The van der Waals surface area contributed by atoms with Gasteiger partial charge < -0.3 is 14.7 Å². The Morgan fingerprint density at radius 1 is 1.50 bits per heavy atom. The van der Waals surface area contributed by atoms with Crippen LogP contribution in [0.2, 0.25) is 0 Å². The second kappa shape index (κ2) is 11.9. The fraction of sp³-hybridized carbons (Fsp3) is 0.778. The van der Waals surface area contributed by atoms with Gasteiger partial charge in [-0.3, -0.25) is 9.59 Å². The molecule has 1 N–H and O–H groups in total. The van der Waals surface area contributed by atoms with Gasteiger partial charge in [0.1, 0.15) is 6.61 Å². The van der Waals surface area contributed by atoms with E-state index in [1.54, 1.807) is 0 Å². The molecule has 84 valence electrons. The summed E-state index contributed by atoms with van der Waals surface area (Å²) < 4.78 is 4.91. The number of carbonyl (C=O) groups is 2. The normalized spacial score (nSPS) is 8.86. The summed E-state index contributed by atoms with van der Waals surface area (Å²) in [7, 11) is 3.90. The SMILES string of the molecule is CCCC(=O)OCCN(C)C.O=CO. The van der Waals surface area contributed by atoms with Crippen molar-refractivity contribution in [2.24, 2.45) is 0 Å². The van der Waals surface area contributed by atoms with Crippen molar-refractivity contribution in [3.8, 4) is 0 Å². The van der Waals surface area contributed by atoms with Crippen LogP contribution in [0.5, 0.6) is 0 Å². The molecule has 0 saturated heterocycles. The van der Waals surface area contributed by atoms with E-state index < -0.39 is 0 Å². The van der Waals surface area contributed by atoms with Gasteiger partial charge in [-0.05, 0) is 20.5 Å². The van der Waals surface area contributed by atoms with Crippen LogP contribution in [0, 0.1) is 0 Å². The topological polar surface area (TPSA) is 66.8 Å². The van der Waals surface area contributed by atoms with Crippen molar-refractivity contribution in [2.45, 2.75) is 19.8 Å². The number of nitrogens with zero attached hydrogens (tertiary/aromatic N) is 1. The molecule has 5 heteroatoms. The van der Waals surface area contributed by atoms with Crippen molar-refractivity contribution >= 4 is 12.4 Å². The molecule has 0 unspecified atom stereocenters. The van der Waals surface area contributed by atoms with Crippen LogP contribution in [0.15, 0.2) is 0 Å². The average molecular weight is 205 g/mol. The Morgan fingerprint density at radius 2 is 2.00 bits per heavy atom. The molecule has 14 heavy (non-hydrogen) atoms. The van der Waals surface area contributed by atoms with Gasteiger partial charge >= 0.3 is 5.97 Å². The summed E-state index contributed by atoms with van der Waals surface area (Å²) in [6, 6.07) is 0. The van der Waals surface area contributed by atoms with Crippen LogP contribution in [0.1, 0.15) is 19.8 Å². The first kappa shape index (κ1) is 15.4. The molecule has 0 rings (SSSR count). The number of hydrogen-bond acceptors (Lipinski definition) is 4. The van der Waals surface area contributed by atoms with Crippen molar-refractivity contribution in [3.05, 3.63) is 0 Å². The summed E-state index contributed by atoms with van der Waals surface area (Å²) in [5.41, 5.74) is 0. The van der Waals surface area contributed by atoms with Crippen LogP contribution in [0.25, 0.3) is 0 Å². The number of esters is 1. The number of hydrogen-bond donors (Lipinski definition) is 1. The molecule has 5 nitrogen and oxygen atoms in total. The number of rotatable bonds is 5. The van der Waals surface area contributed by atoms with Crippen LogP contribution in [-0.4, -0.2) is 49.7 Å². The Labute approximate surface area is 84.7 Å². The summed E-state index contributed by atoms with van der Waals surface area (Å²) in [6.07, 6.45) is 1.40. The fourth-order valence-corrected chi connectivity index (χ4v) is 0.618. The van der Waals surface area contributed by atoms with Gasteiger partial charge in [0.2, 0.25) is 0 Å². The van der Waals surface area contributed by atoms with Gasteiger partial charge in [0.25, 0.3) is 6.47 Å². The Morgan fingerprint density at radius 3 is 2.36 bits per heavy atom. The van der Waals surface area contributed by atoms with Gasteiger partial charge in [0.15, 0.2) is 0 Å². The first-order valence-corrected chi connectivity index (χ1v) is 4.46. The van der Waals surface area contributed by atoms with Crippen molar-refractivity contribution in [1.29, 1.82) is 0 Å². The van der Waals surface area contributed by atoms with Gasteiger partial charge in [-0.15, -0.1) is 0 Å². The number of carboxylic acid groups (broad SMARTS) is 1. The van der Waals surface area contributed by atoms with Crippen molar-refractivity contribution in [2.75, 3.05) is 27.2 Å². The molecule has 0 spiro atoms. The third-order valence-electron chi connectivity index (χ3n) is 1.26. The smallest absolute Gasteiger partial charge is 0.305 e. The van der Waals surface area contributed by atoms with Crippen LogP contribution in [0.3, 0.4) is 0 Å². The molecule has 0 bridgehead atoms. The molecule has 0 aliphatic heterocycles. The highest BCUT2D eigenvalue weighted by atomic mass is 16.5. The molecule has 0 saturated carbocycles. The van der Waals surface area contributed by atoms with Crippen LogP contribution < -0.4 is 0 Å². The summed E-state index contributed by atoms with van der Waals surface area (Å²) in [5, 5.41) is 6.89. The maximum Gasteiger partial charge on any atom is 0.305 e. The van der Waals surface area contributed by atoms with Crippen LogP contribution in [-0.2, 0) is 14.3 Å². The lowest BCUT2D eigenvalue weighted by molar-refractivity contribution is -0.143. The lowest BCUT2D eigenvalue weighted by atomic mass is 10.3. The van der Waals surface area contributed by atoms with E-state index in [1.807, 2.05) is 25.9 Å². The molecule has 0 atom stereocenters. The standard InChI is InChI=1S/C8H17NO2.CH2O2/c1-4-5-8(10)11-7-6-9(2)3;2-1-3/h4-7H2,1-3H3;1H,(H,2,3). The predicted octanol–water partition coefficient (Wildman–Crippen LogP) is 0.592. The third-order valence-corrected chi connectivity index (χ3v) is 1.26. The Hall–Kier alpha value is -1.10. The maximum absolute atomic E-state index is 10.8. The Bertz CT molecular complexity index is 148. The van der Waals surface area contributed by atoms with E-state index in [1.165, 1.54) is 0 Å². The minimum atomic E-state index is -0.250. The van der Waals surface area contributed by atoms with E-state index in [2.05, 4.69) is 0 Å². The quantitative estimate of drug-likeness (QED) is 0.525. The molecule has 0 fully saturated rings.